The number of halogens is 3. The summed E-state index contributed by atoms with van der Waals surface area (Å²) in [6.45, 7) is 3.43. The molecule has 1 atom stereocenters. The van der Waals surface area contributed by atoms with Gasteiger partial charge in [-0.1, -0.05) is 18.5 Å². The van der Waals surface area contributed by atoms with E-state index in [1.165, 1.54) is 0 Å². The van der Waals surface area contributed by atoms with E-state index in [9.17, 15) is 17.2 Å². The van der Waals surface area contributed by atoms with Crippen LogP contribution in [0.25, 0.3) is 0 Å². The third-order valence-electron chi connectivity index (χ3n) is 3.64. The SMILES string of the molecule is Cc1cc(C)n(C[C@H](C)CNS(=O)(=O)c2ccc(OC(F)F)c(Cl)c2)n1. The average molecular weight is 408 g/mol. The summed E-state index contributed by atoms with van der Waals surface area (Å²) in [5.41, 5.74) is 1.90. The van der Waals surface area contributed by atoms with Crippen molar-refractivity contribution in [2.45, 2.75) is 38.8 Å². The minimum absolute atomic E-state index is 0.0142. The first kappa shape index (κ1) is 20.6. The predicted octanol–water partition coefficient (Wildman–Crippen LogP) is 3.37. The van der Waals surface area contributed by atoms with E-state index >= 15 is 0 Å². The quantitative estimate of drug-likeness (QED) is 0.728. The Balaban J connectivity index is 2.01. The third kappa shape index (κ3) is 5.39. The number of aromatic nitrogens is 2. The van der Waals surface area contributed by atoms with Crippen molar-refractivity contribution in [3.05, 3.63) is 40.7 Å². The minimum Gasteiger partial charge on any atom is -0.433 e. The van der Waals surface area contributed by atoms with Crippen LogP contribution < -0.4 is 9.46 Å². The zero-order chi connectivity index (χ0) is 19.5. The number of nitrogens with one attached hydrogen (secondary N) is 1. The Kier molecular flexibility index (Phi) is 6.59. The van der Waals surface area contributed by atoms with Crippen LogP contribution in [0, 0.1) is 19.8 Å². The number of alkyl halides is 2. The van der Waals surface area contributed by atoms with Crippen molar-refractivity contribution in [3.8, 4) is 5.75 Å². The lowest BCUT2D eigenvalue weighted by Crippen LogP contribution is -2.30. The number of aryl methyl sites for hydroxylation is 2. The summed E-state index contributed by atoms with van der Waals surface area (Å²) in [6, 6.07) is 5.29. The standard InChI is InChI=1S/C16H20ClF2N3O3S/c1-10(9-22-12(3)6-11(2)21-22)8-20-26(23,24)13-4-5-15(14(17)7-13)25-16(18)19/h4-7,10,16,20H,8-9H2,1-3H3/t10-/m1/s1. The van der Waals surface area contributed by atoms with Crippen LogP contribution in [0.2, 0.25) is 5.02 Å². The summed E-state index contributed by atoms with van der Waals surface area (Å²) in [7, 11) is -3.83. The average Bonchev–Trinajstić information content (AvgIpc) is 2.84. The molecule has 0 radical (unpaired) electrons. The Morgan fingerprint density at radius 2 is 2.00 bits per heavy atom. The molecule has 1 aromatic carbocycles. The topological polar surface area (TPSA) is 73.2 Å². The molecular formula is C16H20ClF2N3O3S. The summed E-state index contributed by atoms with van der Waals surface area (Å²) in [5.74, 6) is -0.293. The second kappa shape index (κ2) is 8.32. The van der Waals surface area contributed by atoms with Crippen LogP contribution in [0.1, 0.15) is 18.3 Å². The van der Waals surface area contributed by atoms with Crippen molar-refractivity contribution in [3.63, 3.8) is 0 Å². The molecule has 1 aromatic heterocycles. The van der Waals surface area contributed by atoms with Gasteiger partial charge in [0.15, 0.2) is 0 Å². The van der Waals surface area contributed by atoms with Crippen LogP contribution >= 0.6 is 11.6 Å². The van der Waals surface area contributed by atoms with Crippen LogP contribution in [-0.2, 0) is 16.6 Å². The van der Waals surface area contributed by atoms with Gasteiger partial charge >= 0.3 is 6.61 Å². The van der Waals surface area contributed by atoms with E-state index in [1.54, 1.807) is 0 Å². The molecule has 6 nitrogen and oxygen atoms in total. The Morgan fingerprint density at radius 3 is 2.54 bits per heavy atom. The Bertz CT molecular complexity index is 872. The summed E-state index contributed by atoms with van der Waals surface area (Å²) >= 11 is 5.81. The van der Waals surface area contributed by atoms with Gasteiger partial charge in [-0.3, -0.25) is 4.68 Å². The van der Waals surface area contributed by atoms with Gasteiger partial charge in [-0.15, -0.1) is 0 Å². The van der Waals surface area contributed by atoms with Gasteiger partial charge in [0.05, 0.1) is 15.6 Å². The maximum atomic E-state index is 12.4. The number of benzene rings is 1. The number of ether oxygens (including phenoxy) is 1. The van der Waals surface area contributed by atoms with Gasteiger partial charge in [-0.05, 0) is 44.0 Å². The first-order chi connectivity index (χ1) is 12.1. The number of sulfonamides is 1. The zero-order valence-electron chi connectivity index (χ0n) is 14.5. The second-order valence-corrected chi connectivity index (χ2v) is 8.21. The molecule has 0 bridgehead atoms. The van der Waals surface area contributed by atoms with Gasteiger partial charge in [-0.25, -0.2) is 13.1 Å². The summed E-state index contributed by atoms with van der Waals surface area (Å²) in [6.07, 6.45) is 0. The summed E-state index contributed by atoms with van der Waals surface area (Å²) in [5, 5.41) is 4.14. The fourth-order valence-corrected chi connectivity index (χ4v) is 3.88. The molecule has 144 valence electrons. The smallest absolute Gasteiger partial charge is 0.387 e. The van der Waals surface area contributed by atoms with Crippen molar-refractivity contribution in [2.24, 2.45) is 5.92 Å². The van der Waals surface area contributed by atoms with E-state index in [4.69, 9.17) is 11.6 Å². The molecule has 0 aliphatic rings. The van der Waals surface area contributed by atoms with E-state index in [2.05, 4.69) is 14.6 Å². The third-order valence-corrected chi connectivity index (χ3v) is 5.36. The lowest BCUT2D eigenvalue weighted by atomic mass is 10.2. The molecule has 26 heavy (non-hydrogen) atoms. The molecule has 1 N–H and O–H groups in total. The molecule has 2 aromatic rings. The van der Waals surface area contributed by atoms with E-state index in [0.29, 0.717) is 6.54 Å². The van der Waals surface area contributed by atoms with Gasteiger partial charge in [-0.2, -0.15) is 13.9 Å². The summed E-state index contributed by atoms with van der Waals surface area (Å²) < 4.78 is 57.7. The lowest BCUT2D eigenvalue weighted by molar-refractivity contribution is -0.0498. The summed E-state index contributed by atoms with van der Waals surface area (Å²) in [4.78, 5) is -0.123. The maximum Gasteiger partial charge on any atom is 0.387 e. The predicted molar refractivity (Wildman–Crippen MR) is 94.1 cm³/mol. The second-order valence-electron chi connectivity index (χ2n) is 6.04. The van der Waals surface area contributed by atoms with E-state index in [1.807, 2.05) is 31.5 Å². The Labute approximate surface area is 156 Å². The molecule has 0 saturated heterocycles. The van der Waals surface area contributed by atoms with Gasteiger partial charge in [0.1, 0.15) is 5.75 Å². The van der Waals surface area contributed by atoms with Gasteiger partial charge < -0.3 is 4.74 Å². The molecule has 0 aliphatic carbocycles. The number of hydrogen-bond donors (Lipinski definition) is 1. The van der Waals surface area contributed by atoms with Crippen molar-refractivity contribution in [2.75, 3.05) is 6.54 Å². The van der Waals surface area contributed by atoms with Crippen LogP contribution in [0.4, 0.5) is 8.78 Å². The van der Waals surface area contributed by atoms with Crippen molar-refractivity contribution < 1.29 is 21.9 Å². The fraction of sp³-hybridized carbons (Fsp3) is 0.438. The first-order valence-electron chi connectivity index (χ1n) is 7.83. The molecule has 0 unspecified atom stereocenters. The number of rotatable bonds is 8. The Morgan fingerprint density at radius 1 is 1.31 bits per heavy atom. The Hall–Kier alpha value is -1.71. The largest absolute Gasteiger partial charge is 0.433 e. The number of hydrogen-bond acceptors (Lipinski definition) is 4. The minimum atomic E-state index is -3.83. The molecule has 0 fully saturated rings. The molecular weight excluding hydrogens is 388 g/mol. The molecule has 0 aliphatic heterocycles. The van der Waals surface area contributed by atoms with Gasteiger partial charge in [0.2, 0.25) is 10.0 Å². The van der Waals surface area contributed by atoms with Gasteiger partial charge in [0.25, 0.3) is 0 Å². The zero-order valence-corrected chi connectivity index (χ0v) is 16.1. The van der Waals surface area contributed by atoms with Crippen molar-refractivity contribution >= 4 is 21.6 Å². The van der Waals surface area contributed by atoms with E-state index in [-0.39, 0.29) is 28.1 Å². The van der Waals surface area contributed by atoms with Crippen LogP contribution in [0.3, 0.4) is 0 Å². The molecule has 10 heteroatoms. The lowest BCUT2D eigenvalue weighted by Gasteiger charge is -2.15. The highest BCUT2D eigenvalue weighted by Gasteiger charge is 2.18. The van der Waals surface area contributed by atoms with E-state index in [0.717, 1.165) is 29.6 Å². The van der Waals surface area contributed by atoms with Gasteiger partial charge in [0, 0.05) is 18.8 Å². The fourth-order valence-electron chi connectivity index (χ4n) is 2.40. The monoisotopic (exact) mass is 407 g/mol. The van der Waals surface area contributed by atoms with Crippen molar-refractivity contribution in [1.29, 1.82) is 0 Å². The van der Waals surface area contributed by atoms with Crippen molar-refractivity contribution in [1.82, 2.24) is 14.5 Å². The van der Waals surface area contributed by atoms with Crippen LogP contribution in [0.5, 0.6) is 5.75 Å². The highest BCUT2D eigenvalue weighted by molar-refractivity contribution is 7.89. The molecule has 0 amide bonds. The maximum absolute atomic E-state index is 12.4. The molecule has 0 saturated carbocycles. The first-order valence-corrected chi connectivity index (χ1v) is 9.69. The highest BCUT2D eigenvalue weighted by atomic mass is 35.5. The molecule has 1 heterocycles. The normalized spacial score (nSPS) is 13.2. The number of nitrogens with zero attached hydrogens (tertiary/aromatic N) is 2. The highest BCUT2D eigenvalue weighted by Crippen LogP contribution is 2.28. The van der Waals surface area contributed by atoms with Crippen LogP contribution in [-0.4, -0.2) is 31.4 Å². The molecule has 2 rings (SSSR count). The molecule has 0 spiro atoms. The van der Waals surface area contributed by atoms with E-state index < -0.39 is 16.6 Å². The van der Waals surface area contributed by atoms with Crippen LogP contribution in [0.15, 0.2) is 29.2 Å².